The van der Waals surface area contributed by atoms with Crippen molar-refractivity contribution in [2.75, 3.05) is 0 Å². The molecule has 1 unspecified atom stereocenters. The highest BCUT2D eigenvalue weighted by atomic mass is 32.2. The lowest BCUT2D eigenvalue weighted by molar-refractivity contribution is -0.176. The van der Waals surface area contributed by atoms with Crippen LogP contribution in [0.1, 0.15) is 5.56 Å². The fourth-order valence-corrected chi connectivity index (χ4v) is 1.02. The summed E-state index contributed by atoms with van der Waals surface area (Å²) in [5, 5.41) is 12.0. The Labute approximate surface area is 72.7 Å². The third kappa shape index (κ3) is 3.59. The maximum atomic E-state index is 10.4. The summed E-state index contributed by atoms with van der Waals surface area (Å²) in [6.07, 6.45) is 0. The first-order valence-electron chi connectivity index (χ1n) is 3.07. The Morgan fingerprint density at radius 2 is 1.58 bits per heavy atom. The summed E-state index contributed by atoms with van der Waals surface area (Å²) in [6.45, 7) is 1.93. The molecule has 1 aromatic carbocycles. The lowest BCUT2D eigenvalue weighted by Gasteiger charge is -1.93. The van der Waals surface area contributed by atoms with E-state index in [1.165, 1.54) is 0 Å². The molecule has 0 heterocycles. The van der Waals surface area contributed by atoms with Crippen LogP contribution in [-0.4, -0.2) is 19.3 Å². The zero-order valence-electron chi connectivity index (χ0n) is 6.47. The number of aryl methyl sites for hydroxylation is 1. The minimum Gasteiger partial charge on any atom is -0.302 e. The van der Waals surface area contributed by atoms with Gasteiger partial charge in [0.15, 0.2) is 11.1 Å². The van der Waals surface area contributed by atoms with Gasteiger partial charge in [-0.15, -0.1) is 0 Å². The largest absolute Gasteiger partial charge is 0.302 e. The highest BCUT2D eigenvalue weighted by Gasteiger charge is 1.95. The molecule has 1 rings (SSSR count). The van der Waals surface area contributed by atoms with E-state index in [0.717, 1.165) is 5.56 Å². The normalized spacial score (nSPS) is 11.3. The van der Waals surface area contributed by atoms with E-state index in [1.807, 2.05) is 19.1 Å². The van der Waals surface area contributed by atoms with Gasteiger partial charge >= 0.3 is 0 Å². The Morgan fingerprint density at radius 1 is 1.17 bits per heavy atom. The first kappa shape index (κ1) is 11.2. The summed E-state index contributed by atoms with van der Waals surface area (Å²) in [5.74, 6) is 0. The molecule has 0 spiro atoms. The predicted molar refractivity (Wildman–Crippen MR) is 45.5 cm³/mol. The van der Waals surface area contributed by atoms with E-state index in [4.69, 9.17) is 15.1 Å². The zero-order valence-corrected chi connectivity index (χ0v) is 7.28. The second-order valence-electron chi connectivity index (χ2n) is 2.06. The minimum absolute atomic E-state index is 0.450. The zero-order chi connectivity index (χ0) is 9.56. The summed E-state index contributed by atoms with van der Waals surface area (Å²) < 4.78 is 19.0. The van der Waals surface area contributed by atoms with Gasteiger partial charge in [-0.3, -0.25) is 10.5 Å². The fourth-order valence-electron chi connectivity index (χ4n) is 0.655. The molecule has 5 heteroatoms. The SMILES string of the molecule is Cc1ccc(S(=O)O)cc1.OO. The van der Waals surface area contributed by atoms with Crippen LogP contribution in [0, 0.1) is 6.92 Å². The van der Waals surface area contributed by atoms with E-state index < -0.39 is 11.1 Å². The first-order valence-corrected chi connectivity index (χ1v) is 4.18. The average Bonchev–Trinajstić information content (AvgIpc) is 2.09. The molecule has 0 radical (unpaired) electrons. The number of hydrogen-bond donors (Lipinski definition) is 3. The van der Waals surface area contributed by atoms with Crippen LogP contribution in [0.2, 0.25) is 0 Å². The fraction of sp³-hybridized carbons (Fsp3) is 0.143. The molecule has 0 aliphatic carbocycles. The molecule has 4 nitrogen and oxygen atoms in total. The Kier molecular flexibility index (Phi) is 5.48. The van der Waals surface area contributed by atoms with Crippen molar-refractivity contribution in [3.8, 4) is 0 Å². The standard InChI is InChI=1S/C7H8O2S.H2O2/c1-6-2-4-7(5-3-6)10(8)9;1-2/h2-5H,1H3,(H,8,9);1-2H. The Bertz CT molecular complexity index is 244. The minimum atomic E-state index is -1.84. The first-order chi connectivity index (χ1) is 5.70. The van der Waals surface area contributed by atoms with Gasteiger partial charge in [-0.25, -0.2) is 4.21 Å². The van der Waals surface area contributed by atoms with Crippen molar-refractivity contribution in [2.45, 2.75) is 11.8 Å². The van der Waals surface area contributed by atoms with E-state index in [1.54, 1.807) is 12.1 Å². The second kappa shape index (κ2) is 5.84. The van der Waals surface area contributed by atoms with Crippen molar-refractivity contribution >= 4 is 11.1 Å². The lowest BCUT2D eigenvalue weighted by Crippen LogP contribution is -1.86. The van der Waals surface area contributed by atoms with Crippen molar-refractivity contribution < 1.29 is 19.3 Å². The Morgan fingerprint density at radius 3 is 1.92 bits per heavy atom. The van der Waals surface area contributed by atoms with Crippen LogP contribution >= 0.6 is 0 Å². The van der Waals surface area contributed by atoms with Crippen molar-refractivity contribution in [1.82, 2.24) is 0 Å². The molecule has 0 amide bonds. The van der Waals surface area contributed by atoms with E-state index >= 15 is 0 Å². The third-order valence-electron chi connectivity index (χ3n) is 1.22. The molecule has 68 valence electrons. The molecule has 0 saturated carbocycles. The molecule has 0 aromatic heterocycles. The van der Waals surface area contributed by atoms with Gasteiger partial charge in [-0.05, 0) is 19.1 Å². The number of rotatable bonds is 1. The molecule has 0 bridgehead atoms. The molecule has 0 fully saturated rings. The molecule has 12 heavy (non-hydrogen) atoms. The van der Waals surface area contributed by atoms with Crippen molar-refractivity contribution in [3.63, 3.8) is 0 Å². The van der Waals surface area contributed by atoms with Gasteiger partial charge in [-0.2, -0.15) is 0 Å². The van der Waals surface area contributed by atoms with Gasteiger partial charge in [-0.1, -0.05) is 17.7 Å². The van der Waals surface area contributed by atoms with Crippen LogP contribution in [0.5, 0.6) is 0 Å². The smallest absolute Gasteiger partial charge is 0.186 e. The predicted octanol–water partition coefficient (Wildman–Crippen LogP) is 1.59. The second-order valence-corrected chi connectivity index (χ2v) is 3.03. The summed E-state index contributed by atoms with van der Waals surface area (Å²) in [6, 6.07) is 6.91. The third-order valence-corrected chi connectivity index (χ3v) is 1.90. The highest BCUT2D eigenvalue weighted by Crippen LogP contribution is 2.05. The van der Waals surface area contributed by atoms with Gasteiger partial charge in [0.25, 0.3) is 0 Å². The number of benzene rings is 1. The van der Waals surface area contributed by atoms with Gasteiger partial charge in [0.05, 0.1) is 4.90 Å². The van der Waals surface area contributed by atoms with Crippen molar-refractivity contribution in [2.24, 2.45) is 0 Å². The van der Waals surface area contributed by atoms with E-state index in [-0.39, 0.29) is 0 Å². The molecule has 0 aliphatic rings. The van der Waals surface area contributed by atoms with Crippen LogP contribution in [0.15, 0.2) is 29.2 Å². The Balaban J connectivity index is 0.000000561. The van der Waals surface area contributed by atoms with Crippen LogP contribution in [0.25, 0.3) is 0 Å². The lowest BCUT2D eigenvalue weighted by atomic mass is 10.2. The molecular weight excluding hydrogens is 180 g/mol. The monoisotopic (exact) mass is 190 g/mol. The molecule has 0 aliphatic heterocycles. The maximum Gasteiger partial charge on any atom is 0.186 e. The molecule has 3 N–H and O–H groups in total. The summed E-state index contributed by atoms with van der Waals surface area (Å²) >= 11 is -1.84. The van der Waals surface area contributed by atoms with Gasteiger partial charge in [0.2, 0.25) is 0 Å². The van der Waals surface area contributed by atoms with Gasteiger partial charge in [0, 0.05) is 0 Å². The Hall–Kier alpha value is -0.750. The summed E-state index contributed by atoms with van der Waals surface area (Å²) in [7, 11) is 0. The summed E-state index contributed by atoms with van der Waals surface area (Å²) in [5.41, 5.74) is 1.09. The van der Waals surface area contributed by atoms with E-state index in [0.29, 0.717) is 4.90 Å². The van der Waals surface area contributed by atoms with Crippen LogP contribution in [0.4, 0.5) is 0 Å². The van der Waals surface area contributed by atoms with Crippen LogP contribution < -0.4 is 0 Å². The van der Waals surface area contributed by atoms with Crippen LogP contribution in [-0.2, 0) is 11.1 Å². The average molecular weight is 190 g/mol. The molecular formula is C7H10O4S. The van der Waals surface area contributed by atoms with Crippen LogP contribution in [0.3, 0.4) is 0 Å². The van der Waals surface area contributed by atoms with Gasteiger partial charge < -0.3 is 4.55 Å². The summed E-state index contributed by atoms with van der Waals surface area (Å²) in [4.78, 5) is 0.450. The quantitative estimate of drug-likeness (QED) is 0.357. The van der Waals surface area contributed by atoms with E-state index in [2.05, 4.69) is 0 Å². The van der Waals surface area contributed by atoms with Gasteiger partial charge in [0.1, 0.15) is 0 Å². The van der Waals surface area contributed by atoms with Crippen molar-refractivity contribution in [3.05, 3.63) is 29.8 Å². The highest BCUT2D eigenvalue weighted by molar-refractivity contribution is 7.79. The number of hydrogen-bond acceptors (Lipinski definition) is 3. The van der Waals surface area contributed by atoms with E-state index in [9.17, 15) is 4.21 Å². The van der Waals surface area contributed by atoms with Crippen molar-refractivity contribution in [1.29, 1.82) is 0 Å². The molecule has 0 saturated heterocycles. The topological polar surface area (TPSA) is 77.8 Å². The maximum absolute atomic E-state index is 10.4. The molecule has 1 atom stereocenters. The molecule has 1 aromatic rings.